The molecule has 0 saturated carbocycles. The maximum atomic E-state index is 12.1. The van der Waals surface area contributed by atoms with Gasteiger partial charge in [0.15, 0.2) is 0 Å². The number of nitrogens with zero attached hydrogens (tertiary/aromatic N) is 6. The number of carbonyl (C=O) groups excluding carboxylic acids is 1. The average Bonchev–Trinajstić information content (AvgIpc) is 3.23. The first-order valence-electron chi connectivity index (χ1n) is 8.79. The summed E-state index contributed by atoms with van der Waals surface area (Å²) in [6.45, 7) is 7.44. The molecule has 0 atom stereocenters. The molecule has 0 bridgehead atoms. The molecule has 8 nitrogen and oxygen atoms in total. The Morgan fingerprint density at radius 2 is 1.96 bits per heavy atom. The van der Waals surface area contributed by atoms with Crippen molar-refractivity contribution in [1.82, 2.24) is 35.3 Å². The van der Waals surface area contributed by atoms with E-state index in [0.29, 0.717) is 11.7 Å². The van der Waals surface area contributed by atoms with Crippen molar-refractivity contribution in [3.05, 3.63) is 47.3 Å². The first-order chi connectivity index (χ1) is 13.0. The van der Waals surface area contributed by atoms with Crippen LogP contribution >= 0.6 is 11.8 Å². The summed E-state index contributed by atoms with van der Waals surface area (Å²) < 4.78 is 3.60. The fraction of sp³-hybridized carbons (Fsp3) is 0.389. The molecule has 142 valence electrons. The van der Waals surface area contributed by atoms with Crippen molar-refractivity contribution in [2.45, 2.75) is 38.9 Å². The third-order valence-electron chi connectivity index (χ3n) is 4.02. The van der Waals surface area contributed by atoms with Gasteiger partial charge in [-0.05, 0) is 55.8 Å². The highest BCUT2D eigenvalue weighted by Gasteiger charge is 2.11. The maximum absolute atomic E-state index is 12.1. The molecule has 0 aliphatic heterocycles. The van der Waals surface area contributed by atoms with Gasteiger partial charge < -0.3 is 5.32 Å². The number of amides is 1. The van der Waals surface area contributed by atoms with Crippen molar-refractivity contribution in [2.75, 3.05) is 12.3 Å². The molecule has 0 radical (unpaired) electrons. The van der Waals surface area contributed by atoms with Crippen LogP contribution in [0.1, 0.15) is 23.4 Å². The lowest BCUT2D eigenvalue weighted by molar-refractivity contribution is -0.118. The lowest BCUT2D eigenvalue weighted by Gasteiger charge is -2.07. The van der Waals surface area contributed by atoms with Crippen LogP contribution in [0.5, 0.6) is 0 Å². The molecule has 1 amide bonds. The summed E-state index contributed by atoms with van der Waals surface area (Å²) in [4.78, 5) is 12.1. The van der Waals surface area contributed by atoms with Gasteiger partial charge in [-0.3, -0.25) is 9.48 Å². The van der Waals surface area contributed by atoms with Gasteiger partial charge in [-0.2, -0.15) is 9.78 Å². The average molecular weight is 385 g/mol. The quantitative estimate of drug-likeness (QED) is 0.472. The number of hydrogen-bond donors (Lipinski definition) is 1. The summed E-state index contributed by atoms with van der Waals surface area (Å²) >= 11 is 1.32. The Bertz CT molecular complexity index is 901. The Morgan fingerprint density at radius 1 is 1.19 bits per heavy atom. The Kier molecular flexibility index (Phi) is 6.23. The molecule has 3 rings (SSSR count). The third-order valence-corrected chi connectivity index (χ3v) is 4.94. The Labute approximate surface area is 162 Å². The van der Waals surface area contributed by atoms with E-state index in [1.165, 1.54) is 17.3 Å². The van der Waals surface area contributed by atoms with E-state index in [2.05, 4.69) is 25.9 Å². The van der Waals surface area contributed by atoms with Gasteiger partial charge in [0.05, 0.1) is 17.1 Å². The highest BCUT2D eigenvalue weighted by molar-refractivity contribution is 7.99. The fourth-order valence-corrected chi connectivity index (χ4v) is 3.38. The van der Waals surface area contributed by atoms with Crippen LogP contribution in [-0.2, 0) is 11.3 Å². The summed E-state index contributed by atoms with van der Waals surface area (Å²) in [7, 11) is 0. The van der Waals surface area contributed by atoms with Crippen LogP contribution in [0.4, 0.5) is 0 Å². The molecular formula is C18H23N7OS. The van der Waals surface area contributed by atoms with Crippen LogP contribution < -0.4 is 5.32 Å². The Morgan fingerprint density at radius 3 is 2.67 bits per heavy atom. The van der Waals surface area contributed by atoms with Crippen molar-refractivity contribution in [1.29, 1.82) is 0 Å². The topological polar surface area (TPSA) is 90.5 Å². The highest BCUT2D eigenvalue weighted by Crippen LogP contribution is 2.18. The van der Waals surface area contributed by atoms with E-state index in [9.17, 15) is 4.79 Å². The number of carbonyl (C=O) groups is 1. The van der Waals surface area contributed by atoms with Gasteiger partial charge in [-0.1, -0.05) is 29.5 Å². The smallest absolute Gasteiger partial charge is 0.230 e. The molecule has 0 fully saturated rings. The normalized spacial score (nSPS) is 10.9. The summed E-state index contributed by atoms with van der Waals surface area (Å²) in [6, 6.07) is 9.96. The molecule has 0 aliphatic carbocycles. The summed E-state index contributed by atoms with van der Waals surface area (Å²) in [5.74, 6) is 0.235. The SMILES string of the molecule is Cc1ccc(-n2nnnc2SCC(=O)NCCCn2nc(C)cc2C)cc1. The van der Waals surface area contributed by atoms with Gasteiger partial charge in [0.25, 0.3) is 0 Å². The zero-order valence-electron chi connectivity index (χ0n) is 15.7. The van der Waals surface area contributed by atoms with Crippen molar-refractivity contribution < 1.29 is 4.79 Å². The fourth-order valence-electron chi connectivity index (χ4n) is 2.66. The monoisotopic (exact) mass is 385 g/mol. The molecule has 2 heterocycles. The van der Waals surface area contributed by atoms with E-state index in [1.54, 1.807) is 4.68 Å². The number of benzene rings is 1. The number of tetrazole rings is 1. The zero-order valence-corrected chi connectivity index (χ0v) is 16.5. The van der Waals surface area contributed by atoms with Crippen molar-refractivity contribution >= 4 is 17.7 Å². The molecule has 0 spiro atoms. The number of hydrogen-bond acceptors (Lipinski definition) is 6. The van der Waals surface area contributed by atoms with Gasteiger partial charge in [-0.15, -0.1) is 5.10 Å². The molecule has 9 heteroatoms. The standard InChI is InChI=1S/C18H23N7OS/c1-13-5-7-16(8-6-13)25-18(20-22-23-25)27-12-17(26)19-9-4-10-24-15(3)11-14(2)21-24/h5-8,11H,4,9-10,12H2,1-3H3,(H,19,26). The lowest BCUT2D eigenvalue weighted by Crippen LogP contribution is -2.27. The molecule has 0 unspecified atom stereocenters. The summed E-state index contributed by atoms with van der Waals surface area (Å²) in [5, 5.41) is 19.7. The minimum absolute atomic E-state index is 0.0353. The van der Waals surface area contributed by atoms with Gasteiger partial charge in [0.2, 0.25) is 11.1 Å². The predicted octanol–water partition coefficient (Wildman–Crippen LogP) is 2.08. The molecule has 27 heavy (non-hydrogen) atoms. The van der Waals surface area contributed by atoms with Crippen LogP contribution in [0.25, 0.3) is 5.69 Å². The maximum Gasteiger partial charge on any atom is 0.230 e. The van der Waals surface area contributed by atoms with E-state index >= 15 is 0 Å². The minimum Gasteiger partial charge on any atom is -0.355 e. The number of aromatic nitrogens is 6. The third kappa shape index (κ3) is 5.16. The molecule has 3 aromatic rings. The second kappa shape index (κ2) is 8.81. The molecule has 2 aromatic heterocycles. The minimum atomic E-state index is -0.0353. The largest absolute Gasteiger partial charge is 0.355 e. The van der Waals surface area contributed by atoms with E-state index < -0.39 is 0 Å². The van der Waals surface area contributed by atoms with Crippen molar-refractivity contribution in [3.8, 4) is 5.69 Å². The van der Waals surface area contributed by atoms with Crippen molar-refractivity contribution in [3.63, 3.8) is 0 Å². The van der Waals surface area contributed by atoms with Crippen LogP contribution in [0.15, 0.2) is 35.5 Å². The van der Waals surface area contributed by atoms with Gasteiger partial charge >= 0.3 is 0 Å². The molecular weight excluding hydrogens is 362 g/mol. The van der Waals surface area contributed by atoms with E-state index in [4.69, 9.17) is 0 Å². The second-order valence-electron chi connectivity index (χ2n) is 6.35. The number of nitrogens with one attached hydrogen (secondary N) is 1. The van der Waals surface area contributed by atoms with Crippen LogP contribution in [0, 0.1) is 20.8 Å². The second-order valence-corrected chi connectivity index (χ2v) is 7.29. The van der Waals surface area contributed by atoms with Gasteiger partial charge in [0.1, 0.15) is 0 Å². The van der Waals surface area contributed by atoms with Crippen LogP contribution in [-0.4, -0.2) is 48.2 Å². The number of aryl methyl sites for hydroxylation is 4. The van der Waals surface area contributed by atoms with Crippen LogP contribution in [0.2, 0.25) is 0 Å². The summed E-state index contributed by atoms with van der Waals surface area (Å²) in [6.07, 6.45) is 0.833. The van der Waals surface area contributed by atoms with Gasteiger partial charge in [0, 0.05) is 18.8 Å². The molecule has 0 aliphatic rings. The predicted molar refractivity (Wildman–Crippen MR) is 104 cm³/mol. The van der Waals surface area contributed by atoms with E-state index in [-0.39, 0.29) is 11.7 Å². The van der Waals surface area contributed by atoms with E-state index in [0.717, 1.165) is 30.0 Å². The van der Waals surface area contributed by atoms with Crippen molar-refractivity contribution in [2.24, 2.45) is 0 Å². The molecule has 1 N–H and O–H groups in total. The van der Waals surface area contributed by atoms with E-state index in [1.807, 2.05) is 55.8 Å². The number of thioether (sulfide) groups is 1. The Hall–Kier alpha value is -2.68. The first kappa shape index (κ1) is 19.1. The highest BCUT2D eigenvalue weighted by atomic mass is 32.2. The van der Waals surface area contributed by atoms with Gasteiger partial charge in [-0.25, -0.2) is 0 Å². The first-order valence-corrected chi connectivity index (χ1v) is 9.77. The zero-order chi connectivity index (χ0) is 19.2. The number of rotatable bonds is 8. The Balaban J connectivity index is 1.44. The summed E-state index contributed by atoms with van der Waals surface area (Å²) in [5.41, 5.74) is 4.19. The molecule has 0 saturated heterocycles. The lowest BCUT2D eigenvalue weighted by atomic mass is 10.2. The molecule has 1 aromatic carbocycles. The van der Waals surface area contributed by atoms with Crippen LogP contribution in [0.3, 0.4) is 0 Å².